The fraction of sp³-hybridized carbons (Fsp3) is 0.625. The van der Waals surface area contributed by atoms with Crippen molar-refractivity contribution in [3.8, 4) is 0 Å². The lowest BCUT2D eigenvalue weighted by Gasteiger charge is -2.05. The van der Waals surface area contributed by atoms with Gasteiger partial charge in [0.1, 0.15) is 0 Å². The molecule has 0 radical (unpaired) electrons. The van der Waals surface area contributed by atoms with E-state index in [0.717, 1.165) is 24.4 Å². The van der Waals surface area contributed by atoms with Gasteiger partial charge < -0.3 is 10.6 Å². The third kappa shape index (κ3) is 3.56. The highest BCUT2D eigenvalue weighted by atomic mass is 15.0. The Morgan fingerprint density at radius 3 is 2.67 bits per heavy atom. The molecule has 0 aliphatic heterocycles. The minimum absolute atomic E-state index is 0.822. The zero-order valence-corrected chi connectivity index (χ0v) is 11.1. The molecule has 18 heavy (non-hydrogen) atoms. The van der Waals surface area contributed by atoms with E-state index in [0.29, 0.717) is 0 Å². The van der Waals surface area contributed by atoms with Crippen molar-refractivity contribution < 1.29 is 0 Å². The van der Waals surface area contributed by atoms with Gasteiger partial charge in [-0.3, -0.25) is 0 Å². The minimum Gasteiger partial charge on any atom is -0.316 e. The Morgan fingerprint density at radius 2 is 1.89 bits per heavy atom. The van der Waals surface area contributed by atoms with Crippen molar-refractivity contribution >= 4 is 0 Å². The van der Waals surface area contributed by atoms with Gasteiger partial charge in [0, 0.05) is 6.04 Å². The molecule has 98 valence electrons. The van der Waals surface area contributed by atoms with E-state index < -0.39 is 0 Å². The highest BCUT2D eigenvalue weighted by Crippen LogP contribution is 2.46. The highest BCUT2D eigenvalue weighted by molar-refractivity contribution is 5.25. The summed E-state index contributed by atoms with van der Waals surface area (Å²) in [5.41, 5.74) is 1.53. The molecule has 2 fully saturated rings. The van der Waals surface area contributed by atoms with Crippen LogP contribution in [0.25, 0.3) is 0 Å². The Kier molecular flexibility index (Phi) is 3.96. The van der Waals surface area contributed by atoms with Crippen molar-refractivity contribution in [2.75, 3.05) is 19.6 Å². The van der Waals surface area contributed by atoms with Crippen LogP contribution < -0.4 is 10.6 Å². The van der Waals surface area contributed by atoms with E-state index >= 15 is 0 Å². The van der Waals surface area contributed by atoms with E-state index in [2.05, 4.69) is 41.0 Å². The molecule has 0 amide bonds. The van der Waals surface area contributed by atoms with Gasteiger partial charge in [-0.1, -0.05) is 30.3 Å². The molecule has 0 bridgehead atoms. The average Bonchev–Trinajstić information content (AvgIpc) is 3.29. The van der Waals surface area contributed by atoms with E-state index in [9.17, 15) is 0 Å². The summed E-state index contributed by atoms with van der Waals surface area (Å²) in [5, 5.41) is 7.16. The molecular weight excluding hydrogens is 220 g/mol. The summed E-state index contributed by atoms with van der Waals surface area (Å²) in [6, 6.07) is 11.8. The molecule has 2 aliphatic carbocycles. The average molecular weight is 244 g/mol. The fourth-order valence-electron chi connectivity index (χ4n) is 2.68. The molecule has 1 aromatic carbocycles. The molecule has 2 unspecified atom stereocenters. The second-order valence-electron chi connectivity index (χ2n) is 5.80. The van der Waals surface area contributed by atoms with Crippen LogP contribution >= 0.6 is 0 Å². The normalized spacial score (nSPS) is 26.2. The smallest absolute Gasteiger partial charge is 0.00682 e. The van der Waals surface area contributed by atoms with Crippen LogP contribution in [-0.2, 0) is 0 Å². The topological polar surface area (TPSA) is 24.1 Å². The number of rotatable bonds is 8. The Balaban J connectivity index is 1.24. The van der Waals surface area contributed by atoms with Crippen molar-refractivity contribution in [1.82, 2.24) is 10.6 Å². The van der Waals surface area contributed by atoms with Gasteiger partial charge in [-0.25, -0.2) is 0 Å². The summed E-state index contributed by atoms with van der Waals surface area (Å²) in [4.78, 5) is 0. The molecule has 2 atom stereocenters. The fourth-order valence-corrected chi connectivity index (χ4v) is 2.68. The van der Waals surface area contributed by atoms with E-state index in [1.807, 2.05) is 0 Å². The second-order valence-corrected chi connectivity index (χ2v) is 5.80. The molecule has 2 nitrogen and oxygen atoms in total. The lowest BCUT2D eigenvalue weighted by molar-refractivity contribution is 0.572. The van der Waals surface area contributed by atoms with Gasteiger partial charge in [0.05, 0.1) is 0 Å². The summed E-state index contributed by atoms with van der Waals surface area (Å²) >= 11 is 0. The molecule has 0 aromatic heterocycles. The van der Waals surface area contributed by atoms with Gasteiger partial charge in [0.2, 0.25) is 0 Å². The van der Waals surface area contributed by atoms with Gasteiger partial charge in [0.25, 0.3) is 0 Å². The third-order valence-electron chi connectivity index (χ3n) is 4.10. The van der Waals surface area contributed by atoms with E-state index in [-0.39, 0.29) is 0 Å². The van der Waals surface area contributed by atoms with Crippen molar-refractivity contribution in [3.05, 3.63) is 35.9 Å². The van der Waals surface area contributed by atoms with Crippen LogP contribution in [0.1, 0.15) is 37.2 Å². The first-order chi connectivity index (χ1) is 8.93. The molecule has 2 N–H and O–H groups in total. The molecule has 1 aromatic rings. The van der Waals surface area contributed by atoms with Crippen LogP contribution in [0, 0.1) is 5.92 Å². The lowest BCUT2D eigenvalue weighted by atomic mass is 10.1. The first kappa shape index (κ1) is 12.2. The number of hydrogen-bond donors (Lipinski definition) is 2. The van der Waals surface area contributed by atoms with Gasteiger partial charge in [-0.15, -0.1) is 0 Å². The molecule has 0 saturated heterocycles. The first-order valence-electron chi connectivity index (χ1n) is 7.42. The zero-order chi connectivity index (χ0) is 12.2. The summed E-state index contributed by atoms with van der Waals surface area (Å²) in [5.74, 6) is 1.70. The van der Waals surface area contributed by atoms with Crippen LogP contribution in [0.4, 0.5) is 0 Å². The zero-order valence-electron chi connectivity index (χ0n) is 11.1. The standard InChI is InChI=1S/C16H24N2/c1-2-5-13(6-3-1)16-11-14(16)12-17-9-4-10-18-15-7-8-15/h1-3,5-6,14-18H,4,7-12H2. The third-order valence-corrected chi connectivity index (χ3v) is 4.10. The van der Waals surface area contributed by atoms with Gasteiger partial charge in [-0.2, -0.15) is 0 Å². The first-order valence-corrected chi connectivity index (χ1v) is 7.42. The molecule has 3 rings (SSSR count). The Hall–Kier alpha value is -0.860. The van der Waals surface area contributed by atoms with Crippen LogP contribution in [0.2, 0.25) is 0 Å². The van der Waals surface area contributed by atoms with Gasteiger partial charge >= 0.3 is 0 Å². The maximum absolute atomic E-state index is 3.60. The van der Waals surface area contributed by atoms with Crippen molar-refractivity contribution in [1.29, 1.82) is 0 Å². The van der Waals surface area contributed by atoms with Crippen LogP contribution in [0.3, 0.4) is 0 Å². The predicted octanol–water partition coefficient (Wildman–Crippen LogP) is 2.52. The van der Waals surface area contributed by atoms with Gasteiger partial charge in [0.15, 0.2) is 0 Å². The van der Waals surface area contributed by atoms with E-state index in [1.165, 1.54) is 44.3 Å². The Labute approximate surface area is 110 Å². The maximum atomic E-state index is 3.60. The van der Waals surface area contributed by atoms with Crippen LogP contribution in [0.5, 0.6) is 0 Å². The summed E-state index contributed by atoms with van der Waals surface area (Å²) in [6.07, 6.45) is 5.43. The van der Waals surface area contributed by atoms with Crippen LogP contribution in [0.15, 0.2) is 30.3 Å². The quantitative estimate of drug-likeness (QED) is 0.687. The molecule has 2 aliphatic rings. The maximum Gasteiger partial charge on any atom is 0.00682 e. The lowest BCUT2D eigenvalue weighted by Crippen LogP contribution is -2.24. The molecule has 0 heterocycles. The van der Waals surface area contributed by atoms with E-state index in [1.54, 1.807) is 0 Å². The molecule has 2 heteroatoms. The highest BCUT2D eigenvalue weighted by Gasteiger charge is 2.37. The number of hydrogen-bond acceptors (Lipinski definition) is 2. The van der Waals surface area contributed by atoms with Crippen molar-refractivity contribution in [2.24, 2.45) is 5.92 Å². The van der Waals surface area contributed by atoms with Crippen molar-refractivity contribution in [2.45, 2.75) is 37.6 Å². The van der Waals surface area contributed by atoms with Gasteiger partial charge in [-0.05, 0) is 62.7 Å². The Bertz CT molecular complexity index is 359. The summed E-state index contributed by atoms with van der Waals surface area (Å²) < 4.78 is 0. The Morgan fingerprint density at radius 1 is 1.06 bits per heavy atom. The largest absolute Gasteiger partial charge is 0.316 e. The molecule has 2 saturated carbocycles. The molecule has 0 spiro atoms. The molecular formula is C16H24N2. The van der Waals surface area contributed by atoms with Crippen LogP contribution in [-0.4, -0.2) is 25.7 Å². The minimum atomic E-state index is 0.822. The SMILES string of the molecule is c1ccc(C2CC2CNCCCNC2CC2)cc1. The predicted molar refractivity (Wildman–Crippen MR) is 75.8 cm³/mol. The summed E-state index contributed by atoms with van der Waals surface area (Å²) in [7, 11) is 0. The van der Waals surface area contributed by atoms with Crippen molar-refractivity contribution in [3.63, 3.8) is 0 Å². The number of nitrogens with one attached hydrogen (secondary N) is 2. The monoisotopic (exact) mass is 244 g/mol. The van der Waals surface area contributed by atoms with E-state index in [4.69, 9.17) is 0 Å². The summed E-state index contributed by atoms with van der Waals surface area (Å²) in [6.45, 7) is 3.55. The number of benzene rings is 1. The second kappa shape index (κ2) is 5.85.